The van der Waals surface area contributed by atoms with Crippen LogP contribution in [0.1, 0.15) is 46.5 Å². The molecule has 1 aliphatic heterocycles. The van der Waals surface area contributed by atoms with E-state index in [0.717, 1.165) is 39.1 Å². The molecular weight excluding hydrogens is 200 g/mol. The smallest absolute Gasteiger partial charge is 0.0593 e. The second-order valence-electron chi connectivity index (χ2n) is 4.84. The summed E-state index contributed by atoms with van der Waals surface area (Å²) in [7, 11) is 0. The van der Waals surface area contributed by atoms with Gasteiger partial charge in [0, 0.05) is 18.7 Å². The molecule has 0 amide bonds. The van der Waals surface area contributed by atoms with Gasteiger partial charge in [-0.1, -0.05) is 27.2 Å². The van der Waals surface area contributed by atoms with Crippen LogP contribution in [-0.4, -0.2) is 42.8 Å². The number of rotatable bonds is 6. The Morgan fingerprint density at radius 3 is 2.50 bits per heavy atom. The fraction of sp³-hybridized carbons (Fsp3) is 1.00. The van der Waals surface area contributed by atoms with Crippen molar-refractivity contribution in [3.8, 4) is 0 Å². The standard InChI is InChI=1S/C13H28N2O/c1-4-7-12-10-13(11-14,8-9-16-12)15(5-2)6-3/h12H,4-11,14H2,1-3H3. The molecule has 0 aromatic rings. The van der Waals surface area contributed by atoms with Crippen LogP contribution in [0.4, 0.5) is 0 Å². The number of nitrogens with two attached hydrogens (primary N) is 1. The number of likely N-dealkylation sites (N-methyl/N-ethyl adjacent to an activating group) is 1. The zero-order valence-corrected chi connectivity index (χ0v) is 11.2. The zero-order chi connectivity index (χ0) is 12.0. The molecule has 0 saturated carbocycles. The molecule has 2 atom stereocenters. The molecule has 1 saturated heterocycles. The van der Waals surface area contributed by atoms with Crippen molar-refractivity contribution in [3.63, 3.8) is 0 Å². The minimum atomic E-state index is 0.196. The number of ether oxygens (including phenoxy) is 1. The molecule has 1 fully saturated rings. The SMILES string of the molecule is CCCC1CC(CN)(N(CC)CC)CCO1. The average Bonchev–Trinajstić information content (AvgIpc) is 2.31. The number of hydrogen-bond donors (Lipinski definition) is 1. The van der Waals surface area contributed by atoms with E-state index in [9.17, 15) is 0 Å². The maximum absolute atomic E-state index is 6.05. The minimum Gasteiger partial charge on any atom is -0.378 e. The maximum Gasteiger partial charge on any atom is 0.0593 e. The van der Waals surface area contributed by atoms with Gasteiger partial charge in [-0.25, -0.2) is 0 Å². The largest absolute Gasteiger partial charge is 0.378 e. The average molecular weight is 228 g/mol. The van der Waals surface area contributed by atoms with E-state index in [0.29, 0.717) is 6.10 Å². The van der Waals surface area contributed by atoms with Crippen LogP contribution < -0.4 is 5.73 Å². The summed E-state index contributed by atoms with van der Waals surface area (Å²) >= 11 is 0. The molecule has 96 valence electrons. The van der Waals surface area contributed by atoms with Gasteiger partial charge in [-0.05, 0) is 32.4 Å². The number of hydrogen-bond acceptors (Lipinski definition) is 3. The summed E-state index contributed by atoms with van der Waals surface area (Å²) in [5.74, 6) is 0. The minimum absolute atomic E-state index is 0.196. The van der Waals surface area contributed by atoms with Crippen LogP contribution in [-0.2, 0) is 4.74 Å². The summed E-state index contributed by atoms with van der Waals surface area (Å²) in [4.78, 5) is 2.53. The van der Waals surface area contributed by atoms with Crippen LogP contribution in [0.2, 0.25) is 0 Å². The third-order valence-corrected chi connectivity index (χ3v) is 3.95. The molecule has 2 N–H and O–H groups in total. The molecule has 0 aliphatic carbocycles. The zero-order valence-electron chi connectivity index (χ0n) is 11.2. The van der Waals surface area contributed by atoms with Gasteiger partial charge < -0.3 is 10.5 Å². The highest BCUT2D eigenvalue weighted by atomic mass is 16.5. The lowest BCUT2D eigenvalue weighted by Gasteiger charge is -2.47. The first-order chi connectivity index (χ1) is 7.72. The third-order valence-electron chi connectivity index (χ3n) is 3.95. The van der Waals surface area contributed by atoms with E-state index in [4.69, 9.17) is 10.5 Å². The first-order valence-electron chi connectivity index (χ1n) is 6.79. The predicted octanol–water partition coefficient (Wildman–Crippen LogP) is 2.00. The highest BCUT2D eigenvalue weighted by Crippen LogP contribution is 2.31. The first kappa shape index (κ1) is 13.9. The molecule has 1 heterocycles. The molecule has 1 rings (SSSR count). The Hall–Kier alpha value is -0.120. The normalized spacial score (nSPS) is 30.9. The monoisotopic (exact) mass is 228 g/mol. The maximum atomic E-state index is 6.05. The Morgan fingerprint density at radius 2 is 2.00 bits per heavy atom. The molecule has 3 heteroatoms. The molecule has 0 spiro atoms. The second kappa shape index (κ2) is 6.58. The van der Waals surface area contributed by atoms with Crippen molar-refractivity contribution in [1.82, 2.24) is 4.90 Å². The fourth-order valence-electron chi connectivity index (χ4n) is 3.00. The van der Waals surface area contributed by atoms with Crippen molar-refractivity contribution >= 4 is 0 Å². The van der Waals surface area contributed by atoms with E-state index in [2.05, 4.69) is 25.7 Å². The highest BCUT2D eigenvalue weighted by Gasteiger charge is 2.39. The van der Waals surface area contributed by atoms with E-state index in [-0.39, 0.29) is 5.54 Å². The highest BCUT2D eigenvalue weighted by molar-refractivity contribution is 4.95. The van der Waals surface area contributed by atoms with Crippen molar-refractivity contribution in [2.45, 2.75) is 58.1 Å². The molecule has 2 unspecified atom stereocenters. The first-order valence-corrected chi connectivity index (χ1v) is 6.79. The summed E-state index contributed by atoms with van der Waals surface area (Å²) in [6.07, 6.45) is 4.99. The Balaban J connectivity index is 2.69. The van der Waals surface area contributed by atoms with Crippen LogP contribution in [0, 0.1) is 0 Å². The van der Waals surface area contributed by atoms with Gasteiger partial charge in [0.25, 0.3) is 0 Å². The van der Waals surface area contributed by atoms with Crippen molar-refractivity contribution in [3.05, 3.63) is 0 Å². The summed E-state index contributed by atoms with van der Waals surface area (Å²) in [5, 5.41) is 0. The van der Waals surface area contributed by atoms with Gasteiger partial charge in [-0.3, -0.25) is 4.90 Å². The van der Waals surface area contributed by atoms with Crippen LogP contribution in [0.5, 0.6) is 0 Å². The lowest BCUT2D eigenvalue weighted by atomic mass is 9.83. The molecule has 0 aromatic heterocycles. The van der Waals surface area contributed by atoms with Gasteiger partial charge >= 0.3 is 0 Å². The molecule has 0 radical (unpaired) electrons. The molecule has 0 bridgehead atoms. The van der Waals surface area contributed by atoms with Gasteiger partial charge in [0.1, 0.15) is 0 Å². The van der Waals surface area contributed by atoms with E-state index in [1.54, 1.807) is 0 Å². The molecule has 0 aromatic carbocycles. The van der Waals surface area contributed by atoms with Crippen LogP contribution >= 0.6 is 0 Å². The van der Waals surface area contributed by atoms with Crippen molar-refractivity contribution in [2.75, 3.05) is 26.2 Å². The van der Waals surface area contributed by atoms with E-state index in [1.807, 2.05) is 0 Å². The van der Waals surface area contributed by atoms with Gasteiger partial charge in [0.15, 0.2) is 0 Å². The van der Waals surface area contributed by atoms with Crippen molar-refractivity contribution < 1.29 is 4.74 Å². The van der Waals surface area contributed by atoms with Gasteiger partial charge in [0.2, 0.25) is 0 Å². The van der Waals surface area contributed by atoms with Crippen LogP contribution in [0.15, 0.2) is 0 Å². The summed E-state index contributed by atoms with van der Waals surface area (Å²) in [6.45, 7) is 10.5. The van der Waals surface area contributed by atoms with Crippen LogP contribution in [0.25, 0.3) is 0 Å². The van der Waals surface area contributed by atoms with Gasteiger partial charge in [-0.2, -0.15) is 0 Å². The quantitative estimate of drug-likeness (QED) is 0.756. The fourth-order valence-corrected chi connectivity index (χ4v) is 3.00. The van der Waals surface area contributed by atoms with E-state index < -0.39 is 0 Å². The van der Waals surface area contributed by atoms with E-state index in [1.165, 1.54) is 12.8 Å². The van der Waals surface area contributed by atoms with Gasteiger partial charge in [-0.15, -0.1) is 0 Å². The third kappa shape index (κ3) is 2.96. The van der Waals surface area contributed by atoms with Crippen molar-refractivity contribution in [1.29, 1.82) is 0 Å². The number of nitrogens with zero attached hydrogens (tertiary/aromatic N) is 1. The second-order valence-corrected chi connectivity index (χ2v) is 4.84. The Morgan fingerprint density at radius 1 is 1.31 bits per heavy atom. The predicted molar refractivity (Wildman–Crippen MR) is 68.6 cm³/mol. The van der Waals surface area contributed by atoms with Crippen LogP contribution in [0.3, 0.4) is 0 Å². The molecule has 3 nitrogen and oxygen atoms in total. The van der Waals surface area contributed by atoms with E-state index >= 15 is 0 Å². The summed E-state index contributed by atoms with van der Waals surface area (Å²) < 4.78 is 5.83. The Kier molecular flexibility index (Phi) is 5.73. The molecular formula is C13H28N2O. The summed E-state index contributed by atoms with van der Waals surface area (Å²) in [6, 6.07) is 0. The van der Waals surface area contributed by atoms with Gasteiger partial charge in [0.05, 0.1) is 6.10 Å². The lowest BCUT2D eigenvalue weighted by molar-refractivity contribution is -0.0713. The Bertz CT molecular complexity index is 192. The lowest BCUT2D eigenvalue weighted by Crippen LogP contribution is -2.58. The topological polar surface area (TPSA) is 38.5 Å². The van der Waals surface area contributed by atoms with Crippen molar-refractivity contribution in [2.24, 2.45) is 5.73 Å². The molecule has 1 aliphatic rings. The Labute approximate surface area is 100 Å². The summed E-state index contributed by atoms with van der Waals surface area (Å²) in [5.41, 5.74) is 6.25. The molecule has 16 heavy (non-hydrogen) atoms.